The van der Waals surface area contributed by atoms with E-state index in [4.69, 9.17) is 0 Å². The highest BCUT2D eigenvalue weighted by molar-refractivity contribution is 9.10. The van der Waals surface area contributed by atoms with Crippen molar-refractivity contribution in [3.8, 4) is 0 Å². The number of ketones is 1. The molecular formula is C17H21BrN2O. The maximum absolute atomic E-state index is 12.6. The van der Waals surface area contributed by atoms with Gasteiger partial charge in [0.15, 0.2) is 5.78 Å². The Balaban J connectivity index is 2.35. The molecule has 0 spiro atoms. The van der Waals surface area contributed by atoms with Crippen LogP contribution in [0.4, 0.5) is 0 Å². The lowest BCUT2D eigenvalue weighted by Crippen LogP contribution is -2.11. The van der Waals surface area contributed by atoms with Gasteiger partial charge in [0.05, 0.1) is 22.3 Å². The summed E-state index contributed by atoms with van der Waals surface area (Å²) in [6.07, 6.45) is 1.24. The minimum Gasteiger partial charge on any atom is -0.294 e. The van der Waals surface area contributed by atoms with Crippen molar-refractivity contribution in [3.05, 3.63) is 50.8 Å². The van der Waals surface area contributed by atoms with Crippen molar-refractivity contribution in [1.82, 2.24) is 9.78 Å². The highest BCUT2D eigenvalue weighted by Gasteiger charge is 2.18. The fraction of sp³-hybridized carbons (Fsp3) is 0.412. The van der Waals surface area contributed by atoms with Crippen LogP contribution in [0.1, 0.15) is 46.7 Å². The van der Waals surface area contributed by atoms with Crippen molar-refractivity contribution in [2.24, 2.45) is 0 Å². The average molecular weight is 349 g/mol. The molecule has 112 valence electrons. The van der Waals surface area contributed by atoms with E-state index in [0.717, 1.165) is 45.5 Å². The van der Waals surface area contributed by atoms with Crippen LogP contribution in [0.3, 0.4) is 0 Å². The van der Waals surface area contributed by atoms with E-state index in [1.54, 1.807) is 0 Å². The molecule has 0 bridgehead atoms. The zero-order valence-corrected chi connectivity index (χ0v) is 14.6. The minimum atomic E-state index is 0.147. The summed E-state index contributed by atoms with van der Waals surface area (Å²) in [6, 6.07) is 6.01. The van der Waals surface area contributed by atoms with E-state index in [2.05, 4.69) is 28.0 Å². The first-order valence-electron chi connectivity index (χ1n) is 7.32. The first kappa shape index (κ1) is 16.0. The molecule has 0 saturated carbocycles. The van der Waals surface area contributed by atoms with Crippen molar-refractivity contribution >= 4 is 21.7 Å². The summed E-state index contributed by atoms with van der Waals surface area (Å²) in [4.78, 5) is 12.6. The fourth-order valence-electron chi connectivity index (χ4n) is 2.47. The SMILES string of the molecule is CCc1nn(CC)c(CC(=O)c2cc(C)ccc2C)c1Br. The third-order valence-electron chi connectivity index (χ3n) is 3.72. The molecule has 0 saturated heterocycles. The molecule has 1 heterocycles. The van der Waals surface area contributed by atoms with Gasteiger partial charge in [-0.1, -0.05) is 24.6 Å². The minimum absolute atomic E-state index is 0.147. The van der Waals surface area contributed by atoms with Gasteiger partial charge in [-0.2, -0.15) is 5.10 Å². The number of halogens is 1. The molecule has 1 aromatic carbocycles. The Kier molecular flexibility index (Phi) is 4.99. The molecular weight excluding hydrogens is 328 g/mol. The van der Waals surface area contributed by atoms with Crippen LogP contribution in [0.2, 0.25) is 0 Å². The normalized spacial score (nSPS) is 10.9. The largest absolute Gasteiger partial charge is 0.294 e. The molecule has 3 nitrogen and oxygen atoms in total. The van der Waals surface area contributed by atoms with Gasteiger partial charge in [-0.15, -0.1) is 0 Å². The highest BCUT2D eigenvalue weighted by Crippen LogP contribution is 2.24. The number of benzene rings is 1. The van der Waals surface area contributed by atoms with Gasteiger partial charge in [-0.05, 0) is 54.8 Å². The van der Waals surface area contributed by atoms with Gasteiger partial charge in [0.1, 0.15) is 0 Å². The van der Waals surface area contributed by atoms with Crippen molar-refractivity contribution in [2.75, 3.05) is 0 Å². The Morgan fingerprint density at radius 2 is 2.00 bits per heavy atom. The lowest BCUT2D eigenvalue weighted by Gasteiger charge is -2.08. The van der Waals surface area contributed by atoms with Gasteiger partial charge in [0.25, 0.3) is 0 Å². The Morgan fingerprint density at radius 3 is 2.62 bits per heavy atom. The van der Waals surface area contributed by atoms with E-state index in [1.165, 1.54) is 0 Å². The van der Waals surface area contributed by atoms with Gasteiger partial charge in [0.2, 0.25) is 0 Å². The molecule has 4 heteroatoms. The van der Waals surface area contributed by atoms with Crippen LogP contribution in [-0.4, -0.2) is 15.6 Å². The number of hydrogen-bond donors (Lipinski definition) is 0. The standard InChI is InChI=1S/C17H21BrN2O/c1-5-14-17(18)15(20(6-2)19-14)10-16(21)13-9-11(3)7-8-12(13)4/h7-9H,5-6,10H2,1-4H3. The van der Waals surface area contributed by atoms with Gasteiger partial charge < -0.3 is 0 Å². The second-order valence-corrected chi connectivity index (χ2v) is 6.09. The van der Waals surface area contributed by atoms with E-state index in [-0.39, 0.29) is 5.78 Å². The van der Waals surface area contributed by atoms with Crippen molar-refractivity contribution in [1.29, 1.82) is 0 Å². The molecule has 0 atom stereocenters. The van der Waals surface area contributed by atoms with Crippen LogP contribution in [0.15, 0.2) is 22.7 Å². The molecule has 0 N–H and O–H groups in total. The van der Waals surface area contributed by atoms with E-state index >= 15 is 0 Å². The second kappa shape index (κ2) is 6.56. The molecule has 1 aromatic heterocycles. The zero-order chi connectivity index (χ0) is 15.6. The molecule has 0 unspecified atom stereocenters. The monoisotopic (exact) mass is 348 g/mol. The molecule has 0 aliphatic rings. The summed E-state index contributed by atoms with van der Waals surface area (Å²) in [5.74, 6) is 0.147. The summed E-state index contributed by atoms with van der Waals surface area (Å²) in [7, 11) is 0. The number of nitrogens with zero attached hydrogens (tertiary/aromatic N) is 2. The van der Waals surface area contributed by atoms with Crippen molar-refractivity contribution in [2.45, 2.75) is 47.1 Å². The smallest absolute Gasteiger partial charge is 0.169 e. The third-order valence-corrected chi connectivity index (χ3v) is 4.63. The third kappa shape index (κ3) is 3.26. The lowest BCUT2D eigenvalue weighted by molar-refractivity contribution is 0.0989. The van der Waals surface area contributed by atoms with Crippen molar-refractivity contribution < 1.29 is 4.79 Å². The summed E-state index contributed by atoms with van der Waals surface area (Å²) in [6.45, 7) is 8.89. The van der Waals surface area contributed by atoms with E-state index in [1.807, 2.05) is 43.7 Å². The highest BCUT2D eigenvalue weighted by atomic mass is 79.9. The first-order valence-corrected chi connectivity index (χ1v) is 8.11. The predicted octanol–water partition coefficient (Wildman–Crippen LogP) is 4.27. The predicted molar refractivity (Wildman–Crippen MR) is 88.9 cm³/mol. The maximum Gasteiger partial charge on any atom is 0.169 e. The van der Waals surface area contributed by atoms with E-state index < -0.39 is 0 Å². The molecule has 0 aliphatic heterocycles. The van der Waals surface area contributed by atoms with Crippen molar-refractivity contribution in [3.63, 3.8) is 0 Å². The Morgan fingerprint density at radius 1 is 1.29 bits per heavy atom. The Bertz CT molecular complexity index is 674. The molecule has 0 amide bonds. The van der Waals surface area contributed by atoms with Crippen LogP contribution in [0.5, 0.6) is 0 Å². The number of aryl methyl sites for hydroxylation is 4. The molecule has 0 fully saturated rings. The summed E-state index contributed by atoms with van der Waals surface area (Å²) in [5, 5.41) is 4.55. The van der Waals surface area contributed by atoms with E-state index in [9.17, 15) is 4.79 Å². The van der Waals surface area contributed by atoms with Gasteiger partial charge in [-0.3, -0.25) is 9.48 Å². The van der Waals surface area contributed by atoms with Gasteiger partial charge in [-0.25, -0.2) is 0 Å². The summed E-state index contributed by atoms with van der Waals surface area (Å²) >= 11 is 3.60. The molecule has 0 radical (unpaired) electrons. The Hall–Kier alpha value is -1.42. The molecule has 21 heavy (non-hydrogen) atoms. The lowest BCUT2D eigenvalue weighted by atomic mass is 9.99. The van der Waals surface area contributed by atoms with Crippen LogP contribution in [0.25, 0.3) is 0 Å². The first-order chi connectivity index (χ1) is 9.97. The topological polar surface area (TPSA) is 34.9 Å². The number of Topliss-reactive ketones (excluding diaryl/α,β-unsaturated/α-hetero) is 1. The second-order valence-electron chi connectivity index (χ2n) is 5.30. The number of hydrogen-bond acceptors (Lipinski definition) is 2. The zero-order valence-electron chi connectivity index (χ0n) is 13.0. The molecule has 2 aromatic rings. The average Bonchev–Trinajstić information content (AvgIpc) is 2.77. The van der Waals surface area contributed by atoms with Gasteiger partial charge >= 0.3 is 0 Å². The van der Waals surface area contributed by atoms with Crippen LogP contribution in [-0.2, 0) is 19.4 Å². The molecule has 2 rings (SSSR count). The summed E-state index contributed by atoms with van der Waals surface area (Å²) in [5.41, 5.74) is 4.94. The quantitative estimate of drug-likeness (QED) is 0.756. The van der Waals surface area contributed by atoms with Gasteiger partial charge in [0, 0.05) is 12.1 Å². The summed E-state index contributed by atoms with van der Waals surface area (Å²) < 4.78 is 2.90. The van der Waals surface area contributed by atoms with Crippen LogP contribution < -0.4 is 0 Å². The molecule has 0 aliphatic carbocycles. The van der Waals surface area contributed by atoms with Crippen LogP contribution >= 0.6 is 15.9 Å². The Labute approximate surface area is 134 Å². The maximum atomic E-state index is 12.6. The number of carbonyl (C=O) groups is 1. The number of rotatable bonds is 5. The number of aromatic nitrogens is 2. The number of carbonyl (C=O) groups excluding carboxylic acids is 1. The fourth-order valence-corrected chi connectivity index (χ4v) is 3.17. The van der Waals surface area contributed by atoms with E-state index in [0.29, 0.717) is 6.42 Å². The van der Waals surface area contributed by atoms with Crippen LogP contribution in [0, 0.1) is 13.8 Å².